The number of hydrogen-bond donors (Lipinski definition) is 2. The van der Waals surface area contributed by atoms with E-state index in [0.717, 1.165) is 11.1 Å². The zero-order valence-electron chi connectivity index (χ0n) is 14.9. The van der Waals surface area contributed by atoms with Crippen molar-refractivity contribution >= 4 is 40.2 Å². The van der Waals surface area contributed by atoms with Crippen molar-refractivity contribution in [2.45, 2.75) is 13.5 Å². The molecule has 140 valence electrons. The van der Waals surface area contributed by atoms with Crippen LogP contribution in [-0.4, -0.2) is 13.0 Å². The summed E-state index contributed by atoms with van der Waals surface area (Å²) in [5.74, 6) is 0.773. The van der Waals surface area contributed by atoms with Crippen molar-refractivity contribution in [3.05, 3.63) is 68.9 Å². The third-order valence-corrected chi connectivity index (χ3v) is 5.07. The predicted octanol–water partition coefficient (Wildman–Crippen LogP) is 5.13. The quantitative estimate of drug-likeness (QED) is 0.599. The maximum atomic E-state index is 12.6. The molecule has 0 aliphatic carbocycles. The molecule has 0 aliphatic rings. The molecule has 5 nitrogen and oxygen atoms in total. The zero-order valence-corrected chi connectivity index (χ0v) is 16.5. The van der Waals surface area contributed by atoms with Gasteiger partial charge in [0, 0.05) is 32.9 Å². The van der Waals surface area contributed by atoms with Crippen molar-refractivity contribution in [2.24, 2.45) is 0 Å². The Kier molecular flexibility index (Phi) is 5.88. The van der Waals surface area contributed by atoms with Crippen LogP contribution in [0.4, 0.5) is 11.4 Å². The molecule has 0 saturated heterocycles. The van der Waals surface area contributed by atoms with Crippen molar-refractivity contribution in [2.75, 3.05) is 18.2 Å². The molecule has 0 aliphatic heterocycles. The Morgan fingerprint density at radius 1 is 1.19 bits per heavy atom. The summed E-state index contributed by atoms with van der Waals surface area (Å²) in [7, 11) is 1.55. The van der Waals surface area contributed by atoms with E-state index in [-0.39, 0.29) is 5.91 Å². The molecule has 3 aromatic rings. The minimum absolute atomic E-state index is 0.247. The fourth-order valence-corrected chi connectivity index (χ4v) is 3.46. The second-order valence-electron chi connectivity index (χ2n) is 5.92. The number of amides is 1. The number of nitrogen functional groups attached to an aromatic ring is 1. The van der Waals surface area contributed by atoms with Gasteiger partial charge in [0.05, 0.1) is 7.11 Å². The van der Waals surface area contributed by atoms with E-state index in [4.69, 9.17) is 26.8 Å². The lowest BCUT2D eigenvalue weighted by Gasteiger charge is -2.13. The van der Waals surface area contributed by atoms with Crippen molar-refractivity contribution < 1.29 is 14.3 Å². The number of carbonyl (C=O) groups excluding carboxylic acids is 1. The van der Waals surface area contributed by atoms with Gasteiger partial charge in [0.1, 0.15) is 6.61 Å². The van der Waals surface area contributed by atoms with Crippen LogP contribution in [0.2, 0.25) is 5.02 Å². The molecule has 0 saturated carbocycles. The Hall–Kier alpha value is -2.70. The minimum Gasteiger partial charge on any atom is -0.493 e. The standard InChI is InChI=1S/C20H19ClN2O3S/c1-12-7-15(21)4-5-17(12)23-20(24)13-3-6-18(25-2)19(8-13)26-9-14-10-27-11-16(14)22/h3-8,10-11H,9,22H2,1-2H3,(H,23,24). The number of nitrogens with two attached hydrogens (primary N) is 1. The fourth-order valence-electron chi connectivity index (χ4n) is 2.50. The molecule has 7 heteroatoms. The highest BCUT2D eigenvalue weighted by Crippen LogP contribution is 2.30. The highest BCUT2D eigenvalue weighted by atomic mass is 35.5. The van der Waals surface area contributed by atoms with E-state index in [1.165, 1.54) is 11.3 Å². The van der Waals surface area contributed by atoms with Crippen molar-refractivity contribution in [3.8, 4) is 11.5 Å². The van der Waals surface area contributed by atoms with E-state index in [1.807, 2.05) is 17.7 Å². The first-order valence-corrected chi connectivity index (χ1v) is 9.49. The van der Waals surface area contributed by atoms with Crippen LogP contribution < -0.4 is 20.5 Å². The summed E-state index contributed by atoms with van der Waals surface area (Å²) in [4.78, 5) is 12.6. The van der Waals surface area contributed by atoms with Crippen LogP contribution in [0.1, 0.15) is 21.5 Å². The Bertz CT molecular complexity index is 972. The average Bonchev–Trinajstić information content (AvgIpc) is 3.06. The van der Waals surface area contributed by atoms with Crippen LogP contribution in [0.3, 0.4) is 0 Å². The number of anilines is 2. The Morgan fingerprint density at radius 3 is 2.67 bits per heavy atom. The average molecular weight is 403 g/mol. The third-order valence-electron chi connectivity index (χ3n) is 4.02. The number of aryl methyl sites for hydroxylation is 1. The number of thiophene rings is 1. The van der Waals surface area contributed by atoms with Gasteiger partial charge < -0.3 is 20.5 Å². The van der Waals surface area contributed by atoms with Crippen LogP contribution in [0.5, 0.6) is 11.5 Å². The van der Waals surface area contributed by atoms with Crippen LogP contribution in [0.15, 0.2) is 47.2 Å². The number of benzene rings is 2. The van der Waals surface area contributed by atoms with Gasteiger partial charge in [-0.1, -0.05) is 11.6 Å². The molecule has 2 aromatic carbocycles. The normalized spacial score (nSPS) is 10.5. The molecular weight excluding hydrogens is 384 g/mol. The summed E-state index contributed by atoms with van der Waals surface area (Å²) in [6.45, 7) is 2.18. The number of nitrogens with one attached hydrogen (secondary N) is 1. The summed E-state index contributed by atoms with van der Waals surface area (Å²) >= 11 is 7.47. The summed E-state index contributed by atoms with van der Waals surface area (Å²) in [6.07, 6.45) is 0. The van der Waals surface area contributed by atoms with Gasteiger partial charge in [-0.05, 0) is 54.3 Å². The van der Waals surface area contributed by atoms with Crippen LogP contribution in [0, 0.1) is 6.92 Å². The second kappa shape index (κ2) is 8.33. The number of methoxy groups -OCH3 is 1. The summed E-state index contributed by atoms with van der Waals surface area (Å²) in [6, 6.07) is 10.3. The first kappa shape index (κ1) is 19.1. The first-order valence-electron chi connectivity index (χ1n) is 8.17. The van der Waals surface area contributed by atoms with E-state index in [9.17, 15) is 4.79 Å². The molecule has 27 heavy (non-hydrogen) atoms. The largest absolute Gasteiger partial charge is 0.493 e. The van der Waals surface area contributed by atoms with Crippen LogP contribution in [0.25, 0.3) is 0 Å². The van der Waals surface area contributed by atoms with Gasteiger partial charge in [0.2, 0.25) is 0 Å². The lowest BCUT2D eigenvalue weighted by atomic mass is 10.1. The molecule has 0 spiro atoms. The molecule has 1 amide bonds. The van der Waals surface area contributed by atoms with Gasteiger partial charge in [-0.25, -0.2) is 0 Å². The highest BCUT2D eigenvalue weighted by Gasteiger charge is 2.13. The first-order chi connectivity index (χ1) is 13.0. The maximum Gasteiger partial charge on any atom is 0.255 e. The Labute approximate surface area is 166 Å². The Morgan fingerprint density at radius 2 is 2.00 bits per heavy atom. The lowest BCUT2D eigenvalue weighted by molar-refractivity contribution is 0.102. The Balaban J connectivity index is 1.79. The van der Waals surface area contributed by atoms with Gasteiger partial charge in [0.15, 0.2) is 11.5 Å². The number of hydrogen-bond acceptors (Lipinski definition) is 5. The topological polar surface area (TPSA) is 73.6 Å². The summed E-state index contributed by atoms with van der Waals surface area (Å²) in [5.41, 5.74) is 9.52. The molecule has 3 N–H and O–H groups in total. The molecular formula is C20H19ClN2O3S. The molecule has 3 rings (SSSR count). The summed E-state index contributed by atoms with van der Waals surface area (Å²) < 4.78 is 11.2. The van der Waals surface area contributed by atoms with Gasteiger partial charge in [-0.15, -0.1) is 11.3 Å². The fraction of sp³-hybridized carbons (Fsp3) is 0.150. The van der Waals surface area contributed by atoms with E-state index < -0.39 is 0 Å². The zero-order chi connectivity index (χ0) is 19.4. The molecule has 0 unspecified atom stereocenters. The monoisotopic (exact) mass is 402 g/mol. The molecule has 0 radical (unpaired) electrons. The number of ether oxygens (including phenoxy) is 2. The lowest BCUT2D eigenvalue weighted by Crippen LogP contribution is -2.13. The highest BCUT2D eigenvalue weighted by molar-refractivity contribution is 7.08. The number of carbonyl (C=O) groups is 1. The van der Waals surface area contributed by atoms with Crippen molar-refractivity contribution in [3.63, 3.8) is 0 Å². The minimum atomic E-state index is -0.247. The second-order valence-corrected chi connectivity index (χ2v) is 7.10. The maximum absolute atomic E-state index is 12.6. The van der Waals surface area contributed by atoms with Crippen LogP contribution >= 0.6 is 22.9 Å². The SMILES string of the molecule is COc1ccc(C(=O)Nc2ccc(Cl)cc2C)cc1OCc1cscc1N. The van der Waals surface area contributed by atoms with Gasteiger partial charge in [-0.2, -0.15) is 0 Å². The molecule has 0 fully saturated rings. The molecule has 0 bridgehead atoms. The van der Waals surface area contributed by atoms with Crippen molar-refractivity contribution in [1.82, 2.24) is 0 Å². The molecule has 1 heterocycles. The predicted molar refractivity (Wildman–Crippen MR) is 110 cm³/mol. The van der Waals surface area contributed by atoms with E-state index >= 15 is 0 Å². The van der Waals surface area contributed by atoms with Gasteiger partial charge >= 0.3 is 0 Å². The van der Waals surface area contributed by atoms with Crippen molar-refractivity contribution in [1.29, 1.82) is 0 Å². The molecule has 0 atom stereocenters. The number of halogens is 1. The smallest absolute Gasteiger partial charge is 0.255 e. The van der Waals surface area contributed by atoms with Gasteiger partial charge in [0.25, 0.3) is 5.91 Å². The van der Waals surface area contributed by atoms with E-state index in [2.05, 4.69) is 5.32 Å². The van der Waals surface area contributed by atoms with Crippen LogP contribution in [-0.2, 0) is 6.61 Å². The van der Waals surface area contributed by atoms with Gasteiger partial charge in [-0.3, -0.25) is 4.79 Å². The van der Waals surface area contributed by atoms with E-state index in [0.29, 0.717) is 40.1 Å². The summed E-state index contributed by atoms with van der Waals surface area (Å²) in [5, 5.41) is 7.30. The third kappa shape index (κ3) is 4.53. The van der Waals surface area contributed by atoms with E-state index in [1.54, 1.807) is 43.5 Å². The number of rotatable bonds is 6. The molecule has 1 aromatic heterocycles.